The van der Waals surface area contributed by atoms with Crippen molar-refractivity contribution < 1.29 is 5.11 Å². The Morgan fingerprint density at radius 2 is 2.33 bits per heavy atom. The Morgan fingerprint density at radius 3 is 2.87 bits per heavy atom. The van der Waals surface area contributed by atoms with Gasteiger partial charge in [0.05, 0.1) is 12.3 Å². The van der Waals surface area contributed by atoms with Gasteiger partial charge in [0.25, 0.3) is 0 Å². The lowest BCUT2D eigenvalue weighted by Gasteiger charge is -2.19. The van der Waals surface area contributed by atoms with Crippen molar-refractivity contribution in [2.75, 3.05) is 13.6 Å². The number of aryl methyl sites for hydroxylation is 1. The highest BCUT2D eigenvalue weighted by molar-refractivity contribution is 5.02. The summed E-state index contributed by atoms with van der Waals surface area (Å²) in [5.41, 5.74) is 1.18. The molecule has 0 saturated heterocycles. The number of hydrogen-bond acceptors (Lipinski definition) is 3. The van der Waals surface area contributed by atoms with Crippen LogP contribution in [0.4, 0.5) is 0 Å². The summed E-state index contributed by atoms with van der Waals surface area (Å²) in [5, 5.41) is 13.8. The first kappa shape index (κ1) is 12.2. The van der Waals surface area contributed by atoms with Crippen LogP contribution in [0.5, 0.6) is 0 Å². The molecule has 1 aromatic rings. The fourth-order valence-electron chi connectivity index (χ4n) is 1.71. The minimum absolute atomic E-state index is 0.211. The third-order valence-electron chi connectivity index (χ3n) is 2.36. The molecule has 1 atom stereocenters. The smallest absolute Gasteiger partial charge is 0.0667 e. The van der Waals surface area contributed by atoms with E-state index in [1.807, 2.05) is 26.5 Å². The summed E-state index contributed by atoms with van der Waals surface area (Å²) in [6.07, 6.45) is 5.56. The number of hydrogen-bond donors (Lipinski definition) is 1. The molecule has 0 radical (unpaired) electrons. The first-order valence-corrected chi connectivity index (χ1v) is 5.46. The Kier molecular flexibility index (Phi) is 4.78. The highest BCUT2D eigenvalue weighted by Gasteiger charge is 2.08. The molecule has 0 aliphatic rings. The van der Waals surface area contributed by atoms with Crippen LogP contribution in [0.3, 0.4) is 0 Å². The third kappa shape index (κ3) is 4.44. The quantitative estimate of drug-likeness (QED) is 0.763. The molecule has 0 fully saturated rings. The highest BCUT2D eigenvalue weighted by Crippen LogP contribution is 2.04. The van der Waals surface area contributed by atoms with Crippen molar-refractivity contribution >= 4 is 0 Å². The summed E-state index contributed by atoms with van der Waals surface area (Å²) in [6.45, 7) is 3.65. The maximum absolute atomic E-state index is 9.64. The lowest BCUT2D eigenvalue weighted by atomic mass is 10.2. The molecular weight excluding hydrogens is 190 g/mol. The summed E-state index contributed by atoms with van der Waals surface area (Å²) in [7, 11) is 3.93. The Balaban J connectivity index is 2.32. The van der Waals surface area contributed by atoms with Crippen molar-refractivity contribution in [3.8, 4) is 0 Å². The second-order valence-corrected chi connectivity index (χ2v) is 4.16. The van der Waals surface area contributed by atoms with Crippen LogP contribution >= 0.6 is 0 Å². The van der Waals surface area contributed by atoms with E-state index in [1.165, 1.54) is 5.56 Å². The molecule has 1 unspecified atom stereocenters. The fraction of sp³-hybridized carbons (Fsp3) is 0.727. The summed E-state index contributed by atoms with van der Waals surface area (Å²) < 4.78 is 1.80. The first-order valence-electron chi connectivity index (χ1n) is 5.46. The number of aliphatic hydroxyl groups excluding tert-OH is 1. The van der Waals surface area contributed by atoms with Crippen LogP contribution in [0.15, 0.2) is 12.4 Å². The average molecular weight is 211 g/mol. The van der Waals surface area contributed by atoms with E-state index in [9.17, 15) is 5.11 Å². The molecule has 1 N–H and O–H groups in total. The molecule has 1 rings (SSSR count). The molecule has 0 spiro atoms. The lowest BCUT2D eigenvalue weighted by Crippen LogP contribution is -2.28. The predicted molar refractivity (Wildman–Crippen MR) is 60.5 cm³/mol. The van der Waals surface area contributed by atoms with Crippen LogP contribution in [-0.4, -0.2) is 39.5 Å². The predicted octanol–water partition coefficient (Wildman–Crippen LogP) is 1.01. The lowest BCUT2D eigenvalue weighted by molar-refractivity contribution is 0.114. The van der Waals surface area contributed by atoms with Gasteiger partial charge in [-0.3, -0.25) is 9.58 Å². The van der Waals surface area contributed by atoms with E-state index in [0.717, 1.165) is 25.9 Å². The molecule has 0 bridgehead atoms. The molecule has 4 nitrogen and oxygen atoms in total. The van der Waals surface area contributed by atoms with Gasteiger partial charge in [0.1, 0.15) is 0 Å². The van der Waals surface area contributed by atoms with Crippen LogP contribution in [0.1, 0.15) is 25.3 Å². The third-order valence-corrected chi connectivity index (χ3v) is 2.36. The zero-order valence-corrected chi connectivity index (χ0v) is 9.85. The molecule has 0 saturated carbocycles. The number of rotatable bonds is 6. The molecule has 1 aromatic heterocycles. The number of aliphatic hydroxyl groups is 1. The summed E-state index contributed by atoms with van der Waals surface area (Å²) in [5.74, 6) is 0. The van der Waals surface area contributed by atoms with Crippen LogP contribution in [-0.2, 0) is 13.6 Å². The molecule has 4 heteroatoms. The average Bonchev–Trinajstić information content (AvgIpc) is 2.51. The van der Waals surface area contributed by atoms with Crippen LogP contribution in [0.25, 0.3) is 0 Å². The largest absolute Gasteiger partial charge is 0.392 e. The standard InChI is InChI=1S/C11H21N3O/c1-4-5-11(15)9-13(2)7-10-6-12-14(3)8-10/h6,8,11,15H,4-5,7,9H2,1-3H3. The summed E-state index contributed by atoms with van der Waals surface area (Å²) >= 11 is 0. The van der Waals surface area contributed by atoms with Gasteiger partial charge in [-0.25, -0.2) is 0 Å². The molecule has 0 aliphatic carbocycles. The Bertz CT molecular complexity index is 285. The van der Waals surface area contributed by atoms with E-state index < -0.39 is 0 Å². The zero-order chi connectivity index (χ0) is 11.3. The zero-order valence-electron chi connectivity index (χ0n) is 9.85. The highest BCUT2D eigenvalue weighted by atomic mass is 16.3. The second-order valence-electron chi connectivity index (χ2n) is 4.16. The molecule has 86 valence electrons. The summed E-state index contributed by atoms with van der Waals surface area (Å²) in [4.78, 5) is 2.12. The van der Waals surface area contributed by atoms with E-state index in [1.54, 1.807) is 4.68 Å². The molecule has 0 aromatic carbocycles. The molecule has 1 heterocycles. The van der Waals surface area contributed by atoms with Gasteiger partial charge in [-0.15, -0.1) is 0 Å². The molecule has 0 aliphatic heterocycles. The van der Waals surface area contributed by atoms with Crippen molar-refractivity contribution in [1.29, 1.82) is 0 Å². The molecule has 0 amide bonds. The van der Waals surface area contributed by atoms with Crippen molar-refractivity contribution in [1.82, 2.24) is 14.7 Å². The minimum atomic E-state index is -0.211. The van der Waals surface area contributed by atoms with Crippen molar-refractivity contribution in [3.05, 3.63) is 18.0 Å². The monoisotopic (exact) mass is 211 g/mol. The van der Waals surface area contributed by atoms with Crippen molar-refractivity contribution in [3.63, 3.8) is 0 Å². The van der Waals surface area contributed by atoms with E-state index in [4.69, 9.17) is 0 Å². The Labute approximate surface area is 91.5 Å². The SMILES string of the molecule is CCCC(O)CN(C)Cc1cnn(C)c1. The first-order chi connectivity index (χ1) is 7.11. The van der Waals surface area contributed by atoms with E-state index >= 15 is 0 Å². The van der Waals surface area contributed by atoms with E-state index in [-0.39, 0.29) is 6.10 Å². The van der Waals surface area contributed by atoms with Gasteiger partial charge in [0.2, 0.25) is 0 Å². The number of aromatic nitrogens is 2. The Morgan fingerprint density at radius 1 is 1.60 bits per heavy atom. The maximum Gasteiger partial charge on any atom is 0.0667 e. The van der Waals surface area contributed by atoms with Gasteiger partial charge in [-0.2, -0.15) is 5.10 Å². The van der Waals surface area contributed by atoms with Gasteiger partial charge in [-0.1, -0.05) is 13.3 Å². The van der Waals surface area contributed by atoms with Gasteiger partial charge in [0.15, 0.2) is 0 Å². The minimum Gasteiger partial charge on any atom is -0.392 e. The topological polar surface area (TPSA) is 41.3 Å². The van der Waals surface area contributed by atoms with E-state index in [0.29, 0.717) is 0 Å². The number of nitrogens with zero attached hydrogens (tertiary/aromatic N) is 3. The van der Waals surface area contributed by atoms with Crippen LogP contribution in [0, 0.1) is 0 Å². The van der Waals surface area contributed by atoms with Gasteiger partial charge in [-0.05, 0) is 13.5 Å². The summed E-state index contributed by atoms with van der Waals surface area (Å²) in [6, 6.07) is 0. The van der Waals surface area contributed by atoms with Crippen LogP contribution in [0.2, 0.25) is 0 Å². The number of likely N-dealkylation sites (N-methyl/N-ethyl adjacent to an activating group) is 1. The molecule has 15 heavy (non-hydrogen) atoms. The Hall–Kier alpha value is -0.870. The van der Waals surface area contributed by atoms with E-state index in [2.05, 4.69) is 16.9 Å². The van der Waals surface area contributed by atoms with Gasteiger partial charge < -0.3 is 5.11 Å². The maximum atomic E-state index is 9.64. The normalized spacial score (nSPS) is 13.4. The van der Waals surface area contributed by atoms with Gasteiger partial charge >= 0.3 is 0 Å². The van der Waals surface area contributed by atoms with Crippen molar-refractivity contribution in [2.24, 2.45) is 7.05 Å². The van der Waals surface area contributed by atoms with Gasteiger partial charge in [0, 0.05) is 31.9 Å². The van der Waals surface area contributed by atoms with Crippen molar-refractivity contribution in [2.45, 2.75) is 32.4 Å². The second kappa shape index (κ2) is 5.88. The fourth-order valence-corrected chi connectivity index (χ4v) is 1.71. The molecular formula is C11H21N3O. The van der Waals surface area contributed by atoms with Crippen LogP contribution < -0.4 is 0 Å².